The van der Waals surface area contributed by atoms with Crippen molar-refractivity contribution < 1.29 is 14.9 Å². The lowest BCUT2D eigenvalue weighted by Crippen LogP contribution is -2.88. The molecule has 0 saturated carbocycles. The predicted molar refractivity (Wildman–Crippen MR) is 78.2 cm³/mol. The summed E-state index contributed by atoms with van der Waals surface area (Å²) in [4.78, 5) is 22.8. The average Bonchev–Trinajstić information content (AvgIpc) is 2.41. The first-order valence-electron chi connectivity index (χ1n) is 6.82. The Labute approximate surface area is 120 Å². The van der Waals surface area contributed by atoms with Crippen LogP contribution in [0.4, 0.5) is 0 Å². The topological polar surface area (TPSA) is 74.8 Å². The molecule has 0 unspecified atom stereocenters. The van der Waals surface area contributed by atoms with Crippen molar-refractivity contribution in [2.75, 3.05) is 20.1 Å². The maximum Gasteiger partial charge on any atom is 0.275 e. The Morgan fingerprint density at radius 1 is 1.15 bits per heavy atom. The second-order valence-electron chi connectivity index (χ2n) is 5.00. The molecule has 0 aliphatic rings. The number of quaternary nitrogens is 1. The molecule has 1 aromatic carbocycles. The van der Waals surface area contributed by atoms with E-state index in [2.05, 4.69) is 36.6 Å². The fraction of sp³-hybridized carbons (Fsp3) is 0.467. The van der Waals surface area contributed by atoms with Crippen LogP contribution in [-0.4, -0.2) is 32.0 Å². The number of carbonyl (C=O) groups is 2. The van der Waals surface area contributed by atoms with E-state index >= 15 is 0 Å². The number of likely N-dealkylation sites (N-methyl/N-ethyl adjacent to an activating group) is 1. The number of nitrogens with one attached hydrogen (secondary N) is 2. The van der Waals surface area contributed by atoms with Gasteiger partial charge in [0.1, 0.15) is 0 Å². The van der Waals surface area contributed by atoms with E-state index in [1.165, 1.54) is 11.1 Å². The molecule has 1 aromatic rings. The molecular weight excluding hydrogens is 254 g/mol. The highest BCUT2D eigenvalue weighted by Gasteiger charge is 2.12. The molecule has 0 saturated heterocycles. The molecule has 4 N–H and O–H groups in total. The number of benzene rings is 1. The molecule has 110 valence electrons. The normalized spacial score (nSPS) is 11.8. The summed E-state index contributed by atoms with van der Waals surface area (Å²) >= 11 is 0. The first-order chi connectivity index (χ1) is 9.43. The van der Waals surface area contributed by atoms with E-state index in [0.717, 1.165) is 5.56 Å². The van der Waals surface area contributed by atoms with Crippen molar-refractivity contribution >= 4 is 11.8 Å². The van der Waals surface area contributed by atoms with Crippen molar-refractivity contribution in [3.63, 3.8) is 0 Å². The molecule has 0 spiro atoms. The second-order valence-corrected chi connectivity index (χ2v) is 5.00. The Morgan fingerprint density at radius 3 is 2.40 bits per heavy atom. The molecule has 0 aromatic heterocycles. The molecule has 5 nitrogen and oxygen atoms in total. The van der Waals surface area contributed by atoms with Crippen LogP contribution >= 0.6 is 0 Å². The lowest BCUT2D eigenvalue weighted by molar-refractivity contribution is -0.633. The lowest BCUT2D eigenvalue weighted by Gasteiger charge is -2.15. The van der Waals surface area contributed by atoms with Gasteiger partial charge in [0.2, 0.25) is 0 Å². The van der Waals surface area contributed by atoms with Crippen LogP contribution in [0.15, 0.2) is 18.2 Å². The van der Waals surface area contributed by atoms with Gasteiger partial charge in [-0.3, -0.25) is 9.59 Å². The van der Waals surface area contributed by atoms with Gasteiger partial charge in [-0.05, 0) is 37.5 Å². The summed E-state index contributed by atoms with van der Waals surface area (Å²) in [5.41, 5.74) is 3.55. The number of nitrogens with two attached hydrogens (primary N) is 1. The van der Waals surface area contributed by atoms with E-state index in [1.807, 2.05) is 13.0 Å². The Morgan fingerprint density at radius 2 is 1.80 bits per heavy atom. The Kier molecular flexibility index (Phi) is 6.18. The van der Waals surface area contributed by atoms with Gasteiger partial charge in [-0.1, -0.05) is 18.2 Å². The van der Waals surface area contributed by atoms with E-state index in [4.69, 9.17) is 0 Å². The minimum Gasteiger partial charge on any atom is -0.354 e. The zero-order chi connectivity index (χ0) is 15.1. The maximum atomic E-state index is 11.8. The predicted octanol–water partition coefficient (Wildman–Crippen LogP) is -0.210. The molecule has 1 atom stereocenters. The van der Waals surface area contributed by atoms with Crippen LogP contribution in [0, 0.1) is 13.8 Å². The van der Waals surface area contributed by atoms with Crippen molar-refractivity contribution in [2.45, 2.75) is 26.8 Å². The molecule has 0 fully saturated rings. The fourth-order valence-corrected chi connectivity index (χ4v) is 1.85. The number of hydrogen-bond donors (Lipinski definition) is 3. The first kappa shape index (κ1) is 16.2. The summed E-state index contributed by atoms with van der Waals surface area (Å²) < 4.78 is 0. The second kappa shape index (κ2) is 7.65. The number of aryl methyl sites for hydroxylation is 2. The summed E-state index contributed by atoms with van der Waals surface area (Å²) in [5, 5.41) is 7.13. The zero-order valence-electron chi connectivity index (χ0n) is 12.6. The van der Waals surface area contributed by atoms with Crippen molar-refractivity contribution in [2.24, 2.45) is 0 Å². The third kappa shape index (κ3) is 5.01. The minimum absolute atomic E-state index is 0.0322. The van der Waals surface area contributed by atoms with E-state index in [1.54, 1.807) is 12.4 Å². The Balaban J connectivity index is 2.44. The third-order valence-corrected chi connectivity index (χ3v) is 3.35. The molecule has 0 aliphatic carbocycles. The van der Waals surface area contributed by atoms with E-state index in [9.17, 15) is 9.59 Å². The van der Waals surface area contributed by atoms with Gasteiger partial charge < -0.3 is 16.0 Å². The van der Waals surface area contributed by atoms with Crippen LogP contribution < -0.4 is 16.0 Å². The van der Waals surface area contributed by atoms with Gasteiger partial charge >= 0.3 is 0 Å². The van der Waals surface area contributed by atoms with Gasteiger partial charge in [-0.25, -0.2) is 0 Å². The SMILES string of the molecule is CNC(=O)C[NH2+]CC(=O)N[C@H](C)c1ccc(C)c(C)c1. The Hall–Kier alpha value is -1.88. The van der Waals surface area contributed by atoms with Crippen LogP contribution in [0.25, 0.3) is 0 Å². The molecule has 0 radical (unpaired) electrons. The summed E-state index contributed by atoms with van der Waals surface area (Å²) in [5.74, 6) is -0.153. The third-order valence-electron chi connectivity index (χ3n) is 3.35. The van der Waals surface area contributed by atoms with E-state index in [-0.39, 0.29) is 30.9 Å². The molecule has 2 amide bonds. The highest BCUT2D eigenvalue weighted by molar-refractivity contribution is 5.78. The highest BCUT2D eigenvalue weighted by Crippen LogP contribution is 2.16. The molecule has 1 rings (SSSR count). The first-order valence-corrected chi connectivity index (χ1v) is 6.82. The average molecular weight is 278 g/mol. The van der Waals surface area contributed by atoms with Gasteiger partial charge in [-0.15, -0.1) is 0 Å². The summed E-state index contributed by atoms with van der Waals surface area (Å²) in [7, 11) is 1.58. The van der Waals surface area contributed by atoms with Crippen molar-refractivity contribution in [1.82, 2.24) is 10.6 Å². The largest absolute Gasteiger partial charge is 0.354 e. The van der Waals surface area contributed by atoms with Crippen molar-refractivity contribution in [3.8, 4) is 0 Å². The monoisotopic (exact) mass is 278 g/mol. The van der Waals surface area contributed by atoms with E-state index < -0.39 is 0 Å². The van der Waals surface area contributed by atoms with Gasteiger partial charge in [-0.2, -0.15) is 0 Å². The number of rotatable bonds is 6. The number of hydrogen-bond acceptors (Lipinski definition) is 2. The standard InChI is InChI=1S/C15H23N3O2/c1-10-5-6-13(7-11(10)2)12(3)18-15(20)9-17-8-14(19)16-4/h5-7,12,17H,8-9H2,1-4H3,(H,16,19)(H,18,20)/p+1/t12-/m1/s1. The van der Waals surface area contributed by atoms with Crippen LogP contribution in [0.1, 0.15) is 29.7 Å². The molecule has 20 heavy (non-hydrogen) atoms. The fourth-order valence-electron chi connectivity index (χ4n) is 1.85. The van der Waals surface area contributed by atoms with Gasteiger partial charge in [0, 0.05) is 7.05 Å². The number of amides is 2. The van der Waals surface area contributed by atoms with Crippen LogP contribution in [0.5, 0.6) is 0 Å². The molecule has 0 aliphatic heterocycles. The molecule has 0 bridgehead atoms. The van der Waals surface area contributed by atoms with Gasteiger partial charge in [0.05, 0.1) is 6.04 Å². The van der Waals surface area contributed by atoms with Crippen LogP contribution in [0.2, 0.25) is 0 Å². The molecular formula is C15H24N3O2+. The van der Waals surface area contributed by atoms with Gasteiger partial charge in [0.25, 0.3) is 11.8 Å². The minimum atomic E-state index is -0.0833. The maximum absolute atomic E-state index is 11.8. The van der Waals surface area contributed by atoms with E-state index in [0.29, 0.717) is 0 Å². The smallest absolute Gasteiger partial charge is 0.275 e. The summed E-state index contributed by atoms with van der Waals surface area (Å²) in [6, 6.07) is 6.15. The zero-order valence-corrected chi connectivity index (χ0v) is 12.6. The molecule has 0 heterocycles. The van der Waals surface area contributed by atoms with Gasteiger partial charge in [0.15, 0.2) is 13.1 Å². The highest BCUT2D eigenvalue weighted by atomic mass is 16.2. The summed E-state index contributed by atoms with van der Waals surface area (Å²) in [6.45, 7) is 6.60. The van der Waals surface area contributed by atoms with Crippen molar-refractivity contribution in [1.29, 1.82) is 0 Å². The lowest BCUT2D eigenvalue weighted by atomic mass is 10.0. The number of carbonyl (C=O) groups excluding carboxylic acids is 2. The van der Waals surface area contributed by atoms with Crippen LogP contribution in [-0.2, 0) is 9.59 Å². The quantitative estimate of drug-likeness (QED) is 0.673. The Bertz CT molecular complexity index is 486. The molecule has 5 heteroatoms. The van der Waals surface area contributed by atoms with Crippen LogP contribution in [0.3, 0.4) is 0 Å². The van der Waals surface area contributed by atoms with Crippen molar-refractivity contribution in [3.05, 3.63) is 34.9 Å². The summed E-state index contributed by atoms with van der Waals surface area (Å²) in [6.07, 6.45) is 0.